The number of halogens is 1. The first kappa shape index (κ1) is 16.7. The van der Waals surface area contributed by atoms with Crippen molar-refractivity contribution in [2.45, 2.75) is 4.34 Å². The number of methoxy groups -OCH3 is 1. The van der Waals surface area contributed by atoms with Gasteiger partial charge in [0.25, 0.3) is 0 Å². The fourth-order valence-corrected chi connectivity index (χ4v) is 3.85. The predicted octanol–water partition coefficient (Wildman–Crippen LogP) is 4.93. The number of thioether (sulfide) groups is 1. The van der Waals surface area contributed by atoms with E-state index in [1.54, 1.807) is 6.07 Å². The third-order valence-electron chi connectivity index (χ3n) is 3.35. The topological polar surface area (TPSA) is 39.2 Å². The van der Waals surface area contributed by atoms with E-state index in [1.165, 1.54) is 42.3 Å². The maximum Gasteiger partial charge on any atom is 0.173 e. The van der Waals surface area contributed by atoms with Gasteiger partial charge in [0.05, 0.1) is 18.6 Å². The van der Waals surface area contributed by atoms with Crippen molar-refractivity contribution in [1.82, 2.24) is 4.98 Å². The zero-order valence-corrected chi connectivity index (χ0v) is 14.5. The van der Waals surface area contributed by atoms with Gasteiger partial charge in [-0.05, 0) is 18.2 Å². The molecule has 6 heteroatoms. The molecule has 3 nitrogen and oxygen atoms in total. The van der Waals surface area contributed by atoms with E-state index in [4.69, 9.17) is 4.74 Å². The summed E-state index contributed by atoms with van der Waals surface area (Å²) in [4.78, 5) is 16.7. The van der Waals surface area contributed by atoms with Gasteiger partial charge in [-0.3, -0.25) is 4.79 Å². The molecule has 0 aliphatic heterocycles. The summed E-state index contributed by atoms with van der Waals surface area (Å²) in [5.74, 6) is -0.327. The van der Waals surface area contributed by atoms with Crippen LogP contribution in [-0.2, 0) is 0 Å². The van der Waals surface area contributed by atoms with Gasteiger partial charge in [-0.15, -0.1) is 11.3 Å². The van der Waals surface area contributed by atoms with Crippen molar-refractivity contribution < 1.29 is 13.9 Å². The van der Waals surface area contributed by atoms with Crippen molar-refractivity contribution in [3.8, 4) is 17.0 Å². The molecule has 0 bridgehead atoms. The molecule has 0 fully saturated rings. The van der Waals surface area contributed by atoms with Crippen molar-refractivity contribution in [1.29, 1.82) is 0 Å². The molecular weight excluding hydrogens is 345 g/mol. The summed E-state index contributed by atoms with van der Waals surface area (Å²) in [6.45, 7) is 0. The van der Waals surface area contributed by atoms with Crippen LogP contribution >= 0.6 is 23.1 Å². The number of ketones is 1. The van der Waals surface area contributed by atoms with Crippen LogP contribution in [0.25, 0.3) is 11.3 Å². The van der Waals surface area contributed by atoms with Crippen molar-refractivity contribution in [2.24, 2.45) is 0 Å². The first-order chi connectivity index (χ1) is 11.7. The zero-order chi connectivity index (χ0) is 16.9. The largest absolute Gasteiger partial charge is 0.494 e. The average molecular weight is 359 g/mol. The number of rotatable bonds is 6. The molecule has 0 aliphatic rings. The minimum Gasteiger partial charge on any atom is -0.494 e. The van der Waals surface area contributed by atoms with Gasteiger partial charge in [0.15, 0.2) is 21.7 Å². The number of aromatic nitrogens is 1. The summed E-state index contributed by atoms with van der Waals surface area (Å²) >= 11 is 2.86. The molecule has 0 amide bonds. The standard InChI is InChI=1S/C18H14FNO2S2/c1-22-17-8-7-13(9-14(17)19)16(21)11-24-18-20-15(10-23-18)12-5-3-2-4-6-12/h2-10H,11H2,1H3. The first-order valence-corrected chi connectivity index (χ1v) is 9.04. The lowest BCUT2D eigenvalue weighted by atomic mass is 10.1. The fraction of sp³-hybridized carbons (Fsp3) is 0.111. The van der Waals surface area contributed by atoms with Gasteiger partial charge in [-0.25, -0.2) is 9.37 Å². The molecule has 3 rings (SSSR count). The molecule has 0 saturated heterocycles. The fourth-order valence-electron chi connectivity index (χ4n) is 2.12. The highest BCUT2D eigenvalue weighted by atomic mass is 32.2. The number of carbonyl (C=O) groups is 1. The maximum atomic E-state index is 13.7. The third-order valence-corrected chi connectivity index (χ3v) is 5.37. The summed E-state index contributed by atoms with van der Waals surface area (Å²) in [5.41, 5.74) is 2.27. The SMILES string of the molecule is COc1ccc(C(=O)CSc2nc(-c3ccccc3)cs2)cc1F. The Morgan fingerprint density at radius 3 is 2.75 bits per heavy atom. The number of benzene rings is 2. The van der Waals surface area contributed by atoms with Crippen LogP contribution < -0.4 is 4.74 Å². The summed E-state index contributed by atoms with van der Waals surface area (Å²) in [6, 6.07) is 14.1. The highest BCUT2D eigenvalue weighted by molar-refractivity contribution is 8.01. The third kappa shape index (κ3) is 3.83. The van der Waals surface area contributed by atoms with Gasteiger partial charge in [-0.1, -0.05) is 42.1 Å². The Morgan fingerprint density at radius 2 is 2.04 bits per heavy atom. The number of thiazole rings is 1. The minimum absolute atomic E-state index is 0.131. The Balaban J connectivity index is 1.65. The Hall–Kier alpha value is -2.18. The van der Waals surface area contributed by atoms with Crippen LogP contribution in [0.2, 0.25) is 0 Å². The van der Waals surface area contributed by atoms with Crippen LogP contribution in [0.3, 0.4) is 0 Å². The van der Waals surface area contributed by atoms with Gasteiger partial charge < -0.3 is 4.74 Å². The molecular formula is C18H14FNO2S2. The van der Waals surface area contributed by atoms with E-state index in [0.717, 1.165) is 15.6 Å². The number of Topliss-reactive ketones (excluding diaryl/α,β-unsaturated/α-hetero) is 1. The van der Waals surface area contributed by atoms with Crippen LogP contribution in [0.15, 0.2) is 58.3 Å². The molecule has 1 aromatic heterocycles. The molecule has 0 N–H and O–H groups in total. The van der Waals surface area contributed by atoms with Gasteiger partial charge in [-0.2, -0.15) is 0 Å². The van der Waals surface area contributed by atoms with Crippen LogP contribution in [0, 0.1) is 5.82 Å². The number of ether oxygens (including phenoxy) is 1. The van der Waals surface area contributed by atoms with E-state index in [9.17, 15) is 9.18 Å². The van der Waals surface area contributed by atoms with Crippen LogP contribution in [0.4, 0.5) is 4.39 Å². The summed E-state index contributed by atoms with van der Waals surface area (Å²) in [6.07, 6.45) is 0. The molecule has 3 aromatic rings. The highest BCUT2D eigenvalue weighted by Crippen LogP contribution is 2.29. The Labute approximate surface area is 147 Å². The Kier molecular flexibility index (Phi) is 5.27. The van der Waals surface area contributed by atoms with E-state index < -0.39 is 5.82 Å². The molecule has 0 atom stereocenters. The van der Waals surface area contributed by atoms with E-state index in [-0.39, 0.29) is 17.3 Å². The van der Waals surface area contributed by atoms with Crippen molar-refractivity contribution in [3.05, 3.63) is 65.3 Å². The molecule has 0 unspecified atom stereocenters. The second-order valence-corrected chi connectivity index (χ2v) is 7.01. The lowest BCUT2D eigenvalue weighted by Crippen LogP contribution is -2.03. The Bertz CT molecular complexity index is 849. The van der Waals surface area contributed by atoms with Crippen molar-refractivity contribution in [2.75, 3.05) is 12.9 Å². The van der Waals surface area contributed by atoms with Crippen LogP contribution in [0.1, 0.15) is 10.4 Å². The highest BCUT2D eigenvalue weighted by Gasteiger charge is 2.12. The van der Waals surface area contributed by atoms with Gasteiger partial charge in [0, 0.05) is 16.5 Å². The second-order valence-electron chi connectivity index (χ2n) is 4.93. The number of hydrogen-bond donors (Lipinski definition) is 0. The molecule has 1 heterocycles. The van der Waals surface area contributed by atoms with E-state index in [0.29, 0.717) is 5.56 Å². The average Bonchev–Trinajstić information content (AvgIpc) is 3.09. The molecule has 24 heavy (non-hydrogen) atoms. The molecule has 0 aliphatic carbocycles. The zero-order valence-electron chi connectivity index (χ0n) is 12.9. The first-order valence-electron chi connectivity index (χ1n) is 7.18. The molecule has 0 radical (unpaired) electrons. The van der Waals surface area contributed by atoms with Crippen molar-refractivity contribution >= 4 is 28.9 Å². The van der Waals surface area contributed by atoms with Crippen molar-refractivity contribution in [3.63, 3.8) is 0 Å². The smallest absolute Gasteiger partial charge is 0.173 e. The number of carbonyl (C=O) groups excluding carboxylic acids is 1. The summed E-state index contributed by atoms with van der Waals surface area (Å²) in [5, 5.41) is 1.97. The molecule has 0 spiro atoms. The van der Waals surface area contributed by atoms with E-state index in [2.05, 4.69) is 4.98 Å². The predicted molar refractivity (Wildman–Crippen MR) is 95.6 cm³/mol. The number of nitrogens with zero attached hydrogens (tertiary/aromatic N) is 1. The summed E-state index contributed by atoms with van der Waals surface area (Å²) < 4.78 is 19.3. The van der Waals surface area contributed by atoms with E-state index >= 15 is 0 Å². The van der Waals surface area contributed by atoms with Gasteiger partial charge >= 0.3 is 0 Å². The quantitative estimate of drug-likeness (QED) is 0.462. The van der Waals surface area contributed by atoms with Gasteiger partial charge in [0.2, 0.25) is 0 Å². The Morgan fingerprint density at radius 1 is 1.25 bits per heavy atom. The normalized spacial score (nSPS) is 10.6. The molecule has 2 aromatic carbocycles. The monoisotopic (exact) mass is 359 g/mol. The van der Waals surface area contributed by atoms with Gasteiger partial charge in [0.1, 0.15) is 0 Å². The van der Waals surface area contributed by atoms with E-state index in [1.807, 2.05) is 35.7 Å². The summed E-state index contributed by atoms with van der Waals surface area (Å²) in [7, 11) is 1.39. The molecule has 122 valence electrons. The minimum atomic E-state index is -0.533. The lowest BCUT2D eigenvalue weighted by molar-refractivity contribution is 0.102. The van der Waals surface area contributed by atoms with Crippen LogP contribution in [-0.4, -0.2) is 23.6 Å². The maximum absolute atomic E-state index is 13.7. The second kappa shape index (κ2) is 7.59. The number of hydrogen-bond acceptors (Lipinski definition) is 5. The molecule has 0 saturated carbocycles. The lowest BCUT2D eigenvalue weighted by Gasteiger charge is -2.04. The van der Waals surface area contributed by atoms with Crippen LogP contribution in [0.5, 0.6) is 5.75 Å².